The highest BCUT2D eigenvalue weighted by atomic mass is 16.5. The van der Waals surface area contributed by atoms with Gasteiger partial charge in [0, 0.05) is 30.2 Å². The third kappa shape index (κ3) is 3.84. The van der Waals surface area contributed by atoms with Gasteiger partial charge < -0.3 is 14.6 Å². The highest BCUT2D eigenvalue weighted by molar-refractivity contribution is 5.83. The normalized spacial score (nSPS) is 12.2. The predicted molar refractivity (Wildman–Crippen MR) is 85.0 cm³/mol. The molecule has 0 atom stereocenters. The molecule has 0 amide bonds. The lowest BCUT2D eigenvalue weighted by molar-refractivity contribution is -0.00644. The quantitative estimate of drug-likeness (QED) is 0.871. The Kier molecular flexibility index (Phi) is 4.84. The van der Waals surface area contributed by atoms with Gasteiger partial charge in [0.05, 0.1) is 12.2 Å². The molecule has 0 spiro atoms. The van der Waals surface area contributed by atoms with Gasteiger partial charge in [-0.05, 0) is 45.0 Å². The summed E-state index contributed by atoms with van der Waals surface area (Å²) in [7, 11) is 0. The summed E-state index contributed by atoms with van der Waals surface area (Å²) in [5.41, 5.74) is 2.58. The molecule has 0 aliphatic carbocycles. The van der Waals surface area contributed by atoms with Crippen molar-refractivity contribution >= 4 is 10.9 Å². The molecule has 1 aromatic heterocycles. The van der Waals surface area contributed by atoms with Crippen molar-refractivity contribution in [1.82, 2.24) is 9.88 Å². The lowest BCUT2D eigenvalue weighted by atomic mass is 10.1. The van der Waals surface area contributed by atoms with Crippen LogP contribution in [0.4, 0.5) is 0 Å². The number of ether oxygens (including phenoxy) is 1. The second-order valence-corrected chi connectivity index (χ2v) is 6.10. The van der Waals surface area contributed by atoms with Crippen LogP contribution in [0.3, 0.4) is 0 Å². The van der Waals surface area contributed by atoms with Crippen molar-refractivity contribution in [2.75, 3.05) is 13.2 Å². The lowest BCUT2D eigenvalue weighted by Gasteiger charge is -2.19. The van der Waals surface area contributed by atoms with Gasteiger partial charge in [-0.3, -0.25) is 0 Å². The molecule has 1 heterocycles. The summed E-state index contributed by atoms with van der Waals surface area (Å²) in [5.74, 6) is 0. The zero-order valence-corrected chi connectivity index (χ0v) is 13.1. The molecule has 0 saturated carbocycles. The molecular formula is C17H26N2O. The molecule has 2 rings (SSSR count). The van der Waals surface area contributed by atoms with Gasteiger partial charge in [0.25, 0.3) is 0 Å². The second-order valence-electron chi connectivity index (χ2n) is 6.10. The van der Waals surface area contributed by atoms with E-state index in [2.05, 4.69) is 68.0 Å². The lowest BCUT2D eigenvalue weighted by Crippen LogP contribution is -2.21. The van der Waals surface area contributed by atoms with Gasteiger partial charge in [-0.15, -0.1) is 0 Å². The summed E-state index contributed by atoms with van der Waals surface area (Å²) in [6, 6.07) is 8.72. The third-order valence-electron chi connectivity index (χ3n) is 3.34. The van der Waals surface area contributed by atoms with E-state index in [4.69, 9.17) is 4.74 Å². The molecule has 3 heteroatoms. The van der Waals surface area contributed by atoms with Crippen molar-refractivity contribution in [3.8, 4) is 0 Å². The summed E-state index contributed by atoms with van der Waals surface area (Å²) in [6.45, 7) is 12.0. The minimum absolute atomic E-state index is 0.0703. The Morgan fingerprint density at radius 1 is 1.20 bits per heavy atom. The van der Waals surface area contributed by atoms with Crippen LogP contribution in [-0.4, -0.2) is 23.3 Å². The Morgan fingerprint density at radius 2 is 2.00 bits per heavy atom. The van der Waals surface area contributed by atoms with Crippen LogP contribution in [0, 0.1) is 0 Å². The fourth-order valence-corrected chi connectivity index (χ4v) is 2.35. The van der Waals surface area contributed by atoms with Gasteiger partial charge in [-0.2, -0.15) is 0 Å². The van der Waals surface area contributed by atoms with Crippen LogP contribution in [-0.2, 0) is 17.8 Å². The van der Waals surface area contributed by atoms with E-state index in [-0.39, 0.29) is 5.60 Å². The van der Waals surface area contributed by atoms with Crippen LogP contribution >= 0.6 is 0 Å². The van der Waals surface area contributed by atoms with Crippen LogP contribution in [0.2, 0.25) is 0 Å². The van der Waals surface area contributed by atoms with Crippen LogP contribution in [0.1, 0.15) is 33.3 Å². The highest BCUT2D eigenvalue weighted by Crippen LogP contribution is 2.20. The molecule has 0 bridgehead atoms. The molecule has 0 aliphatic heterocycles. The van der Waals surface area contributed by atoms with Crippen LogP contribution < -0.4 is 5.32 Å². The van der Waals surface area contributed by atoms with Crippen molar-refractivity contribution in [2.24, 2.45) is 0 Å². The Balaban J connectivity index is 2.11. The number of aromatic nitrogens is 1. The van der Waals surface area contributed by atoms with Crippen LogP contribution in [0.15, 0.2) is 30.5 Å². The monoisotopic (exact) mass is 274 g/mol. The summed E-state index contributed by atoms with van der Waals surface area (Å²) >= 11 is 0. The van der Waals surface area contributed by atoms with Gasteiger partial charge in [0.15, 0.2) is 0 Å². The Labute approximate surface area is 121 Å². The van der Waals surface area contributed by atoms with Gasteiger partial charge in [0.2, 0.25) is 0 Å². The smallest absolute Gasteiger partial charge is 0.0652 e. The summed E-state index contributed by atoms with van der Waals surface area (Å²) < 4.78 is 8.09. The van der Waals surface area contributed by atoms with Crippen LogP contribution in [0.25, 0.3) is 10.9 Å². The number of fused-ring (bicyclic) bond motifs is 1. The molecule has 0 fully saturated rings. The molecule has 20 heavy (non-hydrogen) atoms. The van der Waals surface area contributed by atoms with E-state index in [0.717, 1.165) is 26.2 Å². The Bertz CT molecular complexity index is 552. The maximum Gasteiger partial charge on any atom is 0.0652 e. The highest BCUT2D eigenvalue weighted by Gasteiger charge is 2.10. The summed E-state index contributed by atoms with van der Waals surface area (Å²) in [6.07, 6.45) is 2.16. The van der Waals surface area contributed by atoms with Gasteiger partial charge in [-0.25, -0.2) is 0 Å². The van der Waals surface area contributed by atoms with E-state index in [1.54, 1.807) is 0 Å². The predicted octanol–water partition coefficient (Wildman–Crippen LogP) is 3.57. The topological polar surface area (TPSA) is 26.2 Å². The number of rotatable bonds is 6. The van der Waals surface area contributed by atoms with Gasteiger partial charge in [-0.1, -0.05) is 19.1 Å². The maximum atomic E-state index is 5.81. The first-order chi connectivity index (χ1) is 9.51. The first-order valence-corrected chi connectivity index (χ1v) is 7.42. The van der Waals surface area contributed by atoms with E-state index >= 15 is 0 Å². The maximum absolute atomic E-state index is 5.81. The van der Waals surface area contributed by atoms with Gasteiger partial charge >= 0.3 is 0 Å². The molecule has 0 radical (unpaired) electrons. The van der Waals surface area contributed by atoms with E-state index in [1.165, 1.54) is 16.5 Å². The minimum Gasteiger partial charge on any atom is -0.374 e. The first-order valence-electron chi connectivity index (χ1n) is 7.42. The molecule has 0 saturated heterocycles. The van der Waals surface area contributed by atoms with E-state index in [1.807, 2.05) is 0 Å². The van der Waals surface area contributed by atoms with Crippen molar-refractivity contribution in [3.05, 3.63) is 36.0 Å². The van der Waals surface area contributed by atoms with Crippen molar-refractivity contribution in [3.63, 3.8) is 0 Å². The Morgan fingerprint density at radius 3 is 2.70 bits per heavy atom. The first kappa shape index (κ1) is 15.1. The number of hydrogen-bond donors (Lipinski definition) is 1. The largest absolute Gasteiger partial charge is 0.374 e. The zero-order chi connectivity index (χ0) is 14.6. The zero-order valence-electron chi connectivity index (χ0n) is 13.1. The van der Waals surface area contributed by atoms with E-state index in [9.17, 15) is 0 Å². The number of hydrogen-bond acceptors (Lipinski definition) is 2. The molecule has 0 unspecified atom stereocenters. The molecule has 3 nitrogen and oxygen atoms in total. The molecule has 2 aromatic rings. The Hall–Kier alpha value is -1.32. The van der Waals surface area contributed by atoms with Crippen LogP contribution in [0.5, 0.6) is 0 Å². The van der Waals surface area contributed by atoms with E-state index < -0.39 is 0 Å². The fourth-order valence-electron chi connectivity index (χ4n) is 2.35. The molecule has 0 aliphatic rings. The second kappa shape index (κ2) is 6.42. The standard InChI is InChI=1S/C17H26N2O/c1-5-18-13-14-7-6-8-16-15(14)9-10-19(16)11-12-20-17(2,3)4/h6-10,18H,5,11-13H2,1-4H3. The molecular weight excluding hydrogens is 248 g/mol. The van der Waals surface area contributed by atoms with Crippen molar-refractivity contribution in [2.45, 2.75) is 46.4 Å². The van der Waals surface area contributed by atoms with Crippen molar-refractivity contribution < 1.29 is 4.74 Å². The average Bonchev–Trinajstić information content (AvgIpc) is 2.79. The summed E-state index contributed by atoms with van der Waals surface area (Å²) in [5, 5.41) is 4.73. The number of benzene rings is 1. The molecule has 1 N–H and O–H groups in total. The number of nitrogens with one attached hydrogen (secondary N) is 1. The van der Waals surface area contributed by atoms with Gasteiger partial charge in [0.1, 0.15) is 0 Å². The fraction of sp³-hybridized carbons (Fsp3) is 0.529. The van der Waals surface area contributed by atoms with E-state index in [0.29, 0.717) is 0 Å². The SMILES string of the molecule is CCNCc1cccc2c1ccn2CCOC(C)(C)C. The average molecular weight is 274 g/mol. The number of nitrogens with zero attached hydrogens (tertiary/aromatic N) is 1. The molecule has 110 valence electrons. The third-order valence-corrected chi connectivity index (χ3v) is 3.34. The van der Waals surface area contributed by atoms with Crippen molar-refractivity contribution in [1.29, 1.82) is 0 Å². The summed E-state index contributed by atoms with van der Waals surface area (Å²) in [4.78, 5) is 0. The minimum atomic E-state index is -0.0703. The molecule has 1 aromatic carbocycles.